The largest absolute Gasteiger partial charge is 0.497 e. The van der Waals surface area contributed by atoms with Gasteiger partial charge in [-0.15, -0.1) is 0 Å². The molecule has 0 spiro atoms. The number of H-pyrrole nitrogens is 1. The highest BCUT2D eigenvalue weighted by atomic mass is 19.1. The van der Waals surface area contributed by atoms with Crippen LogP contribution in [0.3, 0.4) is 0 Å². The van der Waals surface area contributed by atoms with Gasteiger partial charge < -0.3 is 9.72 Å². The van der Waals surface area contributed by atoms with Crippen LogP contribution in [-0.2, 0) is 6.42 Å². The van der Waals surface area contributed by atoms with Crippen molar-refractivity contribution in [3.8, 4) is 5.75 Å². The summed E-state index contributed by atoms with van der Waals surface area (Å²) in [6.45, 7) is 0. The molecule has 0 saturated carbocycles. The summed E-state index contributed by atoms with van der Waals surface area (Å²) in [6.07, 6.45) is 1.45. The van der Waals surface area contributed by atoms with Crippen molar-refractivity contribution in [2.24, 2.45) is 0 Å². The summed E-state index contributed by atoms with van der Waals surface area (Å²) in [5.41, 5.74) is 0.209. The second-order valence-corrected chi connectivity index (χ2v) is 3.52. The predicted octanol–water partition coefficient (Wildman–Crippen LogP) is 1.51. The van der Waals surface area contributed by atoms with E-state index in [1.165, 1.54) is 6.33 Å². The predicted molar refractivity (Wildman–Crippen MR) is 60.6 cm³/mol. The summed E-state index contributed by atoms with van der Waals surface area (Å²) in [6, 6.07) is 7.21. The lowest BCUT2D eigenvalue weighted by molar-refractivity contribution is 0.414. The zero-order valence-electron chi connectivity index (χ0n) is 9.24. The molecule has 1 heterocycles. The van der Waals surface area contributed by atoms with E-state index in [2.05, 4.69) is 9.97 Å². The molecule has 0 saturated heterocycles. The van der Waals surface area contributed by atoms with Gasteiger partial charge in [0.2, 0.25) is 5.82 Å². The van der Waals surface area contributed by atoms with Crippen molar-refractivity contribution in [2.45, 2.75) is 6.42 Å². The van der Waals surface area contributed by atoms with E-state index in [9.17, 15) is 9.18 Å². The van der Waals surface area contributed by atoms with Gasteiger partial charge in [0.1, 0.15) is 5.75 Å². The van der Waals surface area contributed by atoms with Crippen molar-refractivity contribution >= 4 is 0 Å². The van der Waals surface area contributed by atoms with Crippen LogP contribution in [0, 0.1) is 5.82 Å². The number of nitrogens with zero attached hydrogens (tertiary/aromatic N) is 1. The molecule has 0 fully saturated rings. The molecular weight excluding hydrogens is 223 g/mol. The van der Waals surface area contributed by atoms with Crippen LogP contribution < -0.4 is 10.3 Å². The average Bonchev–Trinajstić information content (AvgIpc) is 2.35. The van der Waals surface area contributed by atoms with Gasteiger partial charge in [0.15, 0.2) is 0 Å². The van der Waals surface area contributed by atoms with Crippen LogP contribution >= 0.6 is 0 Å². The summed E-state index contributed by atoms with van der Waals surface area (Å²) in [4.78, 5) is 17.1. The Balaban J connectivity index is 2.31. The van der Waals surface area contributed by atoms with Crippen molar-refractivity contribution in [2.75, 3.05) is 7.11 Å². The van der Waals surface area contributed by atoms with E-state index in [-0.39, 0.29) is 12.1 Å². The van der Waals surface area contributed by atoms with Gasteiger partial charge in [-0.3, -0.25) is 4.79 Å². The van der Waals surface area contributed by atoms with Crippen LogP contribution in [-0.4, -0.2) is 17.1 Å². The molecule has 0 unspecified atom stereocenters. The molecular formula is C12H11FN2O2. The molecule has 5 heteroatoms. The first kappa shape index (κ1) is 11.3. The highest BCUT2D eigenvalue weighted by Gasteiger charge is 2.08. The number of nitrogens with one attached hydrogen (secondary N) is 1. The summed E-state index contributed by atoms with van der Waals surface area (Å²) in [5.74, 6) is -0.150. The van der Waals surface area contributed by atoms with Crippen LogP contribution in [0.25, 0.3) is 0 Å². The highest BCUT2D eigenvalue weighted by Crippen LogP contribution is 2.15. The summed E-state index contributed by atoms with van der Waals surface area (Å²) in [7, 11) is 1.56. The molecule has 0 radical (unpaired) electrons. The zero-order valence-corrected chi connectivity index (χ0v) is 9.24. The number of ether oxygens (including phenoxy) is 1. The molecule has 0 bridgehead atoms. The molecule has 0 aliphatic rings. The Labute approximate surface area is 97.1 Å². The number of methoxy groups -OCH3 is 1. The van der Waals surface area contributed by atoms with Gasteiger partial charge >= 0.3 is 0 Å². The third-order valence-corrected chi connectivity index (χ3v) is 2.37. The fourth-order valence-electron chi connectivity index (χ4n) is 1.52. The van der Waals surface area contributed by atoms with Gasteiger partial charge in [-0.25, -0.2) is 4.98 Å². The van der Waals surface area contributed by atoms with Crippen molar-refractivity contribution in [3.05, 3.63) is 58.0 Å². The molecule has 2 rings (SSSR count). The third-order valence-electron chi connectivity index (χ3n) is 2.37. The zero-order chi connectivity index (χ0) is 12.3. The lowest BCUT2D eigenvalue weighted by Gasteiger charge is -2.04. The Morgan fingerprint density at radius 1 is 1.47 bits per heavy atom. The Morgan fingerprint density at radius 2 is 2.29 bits per heavy atom. The SMILES string of the molecule is COc1cccc(Cc2nc[nH]c(=O)c2F)c1. The molecule has 0 aliphatic heterocycles. The second-order valence-electron chi connectivity index (χ2n) is 3.52. The molecule has 88 valence electrons. The molecule has 1 aromatic carbocycles. The maximum absolute atomic E-state index is 13.4. The Bertz CT molecular complexity index is 581. The van der Waals surface area contributed by atoms with E-state index < -0.39 is 11.4 Å². The van der Waals surface area contributed by atoms with E-state index in [0.29, 0.717) is 5.75 Å². The van der Waals surface area contributed by atoms with Crippen LogP contribution in [0.5, 0.6) is 5.75 Å². The van der Waals surface area contributed by atoms with E-state index in [4.69, 9.17) is 4.74 Å². The Hall–Kier alpha value is -2.17. The molecule has 4 nitrogen and oxygen atoms in total. The average molecular weight is 234 g/mol. The topological polar surface area (TPSA) is 55.0 Å². The van der Waals surface area contributed by atoms with Crippen LogP contribution in [0.15, 0.2) is 35.4 Å². The summed E-state index contributed by atoms with van der Waals surface area (Å²) >= 11 is 0. The molecule has 1 aromatic heterocycles. The van der Waals surface area contributed by atoms with Crippen LogP contribution in [0.4, 0.5) is 4.39 Å². The van der Waals surface area contributed by atoms with E-state index in [1.54, 1.807) is 25.3 Å². The molecule has 1 N–H and O–H groups in total. The molecule has 0 aliphatic carbocycles. The minimum Gasteiger partial charge on any atom is -0.497 e. The van der Waals surface area contributed by atoms with Gasteiger partial charge in [-0.2, -0.15) is 4.39 Å². The number of hydrogen-bond donors (Lipinski definition) is 1. The fourth-order valence-corrected chi connectivity index (χ4v) is 1.52. The highest BCUT2D eigenvalue weighted by molar-refractivity contribution is 5.31. The number of rotatable bonds is 3. The lowest BCUT2D eigenvalue weighted by Crippen LogP contribution is -2.15. The lowest BCUT2D eigenvalue weighted by atomic mass is 10.1. The van der Waals surface area contributed by atoms with Gasteiger partial charge in [0, 0.05) is 6.42 Å². The van der Waals surface area contributed by atoms with E-state index in [0.717, 1.165) is 5.56 Å². The monoisotopic (exact) mass is 234 g/mol. The standard InChI is InChI=1S/C12H11FN2O2/c1-17-9-4-2-3-8(5-9)6-10-11(13)12(16)15-7-14-10/h2-5,7H,6H2,1H3,(H,14,15,16). The first-order valence-electron chi connectivity index (χ1n) is 5.05. The quantitative estimate of drug-likeness (QED) is 0.875. The molecule has 17 heavy (non-hydrogen) atoms. The third kappa shape index (κ3) is 2.50. The van der Waals surface area contributed by atoms with Crippen molar-refractivity contribution in [3.63, 3.8) is 0 Å². The normalized spacial score (nSPS) is 10.2. The number of benzene rings is 1. The summed E-state index contributed by atoms with van der Waals surface area (Å²) < 4.78 is 18.5. The van der Waals surface area contributed by atoms with E-state index in [1.807, 2.05) is 6.07 Å². The van der Waals surface area contributed by atoms with Gasteiger partial charge in [-0.1, -0.05) is 12.1 Å². The first-order chi connectivity index (χ1) is 8.20. The number of hydrogen-bond acceptors (Lipinski definition) is 3. The molecule has 0 atom stereocenters. The maximum Gasteiger partial charge on any atom is 0.287 e. The van der Waals surface area contributed by atoms with Gasteiger partial charge in [0.25, 0.3) is 5.56 Å². The Morgan fingerprint density at radius 3 is 3.06 bits per heavy atom. The van der Waals surface area contributed by atoms with Crippen LogP contribution in [0.2, 0.25) is 0 Å². The number of halogens is 1. The minimum absolute atomic E-state index is 0.127. The van der Waals surface area contributed by atoms with E-state index >= 15 is 0 Å². The first-order valence-corrected chi connectivity index (χ1v) is 5.05. The molecule has 0 amide bonds. The van der Waals surface area contributed by atoms with Gasteiger partial charge in [0.05, 0.1) is 19.1 Å². The number of aromatic nitrogens is 2. The van der Waals surface area contributed by atoms with Crippen molar-refractivity contribution in [1.82, 2.24) is 9.97 Å². The number of aromatic amines is 1. The minimum atomic E-state index is -0.838. The summed E-state index contributed by atoms with van der Waals surface area (Å²) in [5, 5.41) is 0. The maximum atomic E-state index is 13.4. The second kappa shape index (κ2) is 4.78. The smallest absolute Gasteiger partial charge is 0.287 e. The van der Waals surface area contributed by atoms with Crippen LogP contribution in [0.1, 0.15) is 11.3 Å². The van der Waals surface area contributed by atoms with Gasteiger partial charge in [-0.05, 0) is 17.7 Å². The fraction of sp³-hybridized carbons (Fsp3) is 0.167. The Kier molecular flexibility index (Phi) is 3.18. The van der Waals surface area contributed by atoms with Crippen molar-refractivity contribution < 1.29 is 9.13 Å². The molecule has 2 aromatic rings. The van der Waals surface area contributed by atoms with Crippen molar-refractivity contribution in [1.29, 1.82) is 0 Å².